The third kappa shape index (κ3) is 31.6. The lowest BCUT2D eigenvalue weighted by molar-refractivity contribution is 0.567. The SMILES string of the molecule is CC.CC.CC.CC.C[Si]1(C)C=CC=C1.Cc1cc(-c2ccccc2)c2ccccc2n1.Cc1ccc(-c2nc3ccccc3n2-c2ccccc2)cc1.Cc1ccc2nc(-c3ccccc3)c(-c3ccccc3)nc2c1.Cc1ccc2nc(-c3ccccc3)cn2c1.Cc1ccc2nc(-c3ccccn3)c(-c3ccccc3)nc2c1.Cc1cccc2nc(-c3ccccc3)cn12.Cn1cccc1.c1ccoc1.c1ccsc1. The Hall–Kier alpha value is -17.3. The Bertz CT molecular complexity index is 7810. The van der Waals surface area contributed by atoms with Crippen LogP contribution in [0.25, 0.3) is 151 Å². The molecule has 0 radical (unpaired) electrons. The Morgan fingerprint density at radius 1 is 0.297 bits per heavy atom. The molecule has 0 bridgehead atoms. The molecule has 148 heavy (non-hydrogen) atoms. The van der Waals surface area contributed by atoms with Crippen molar-refractivity contribution < 1.29 is 4.42 Å². The van der Waals surface area contributed by atoms with Crippen molar-refractivity contribution >= 4 is 74.7 Å². The molecule has 24 aromatic rings. The zero-order valence-electron chi connectivity index (χ0n) is 88.0. The molecule has 0 unspecified atom stereocenters. The minimum atomic E-state index is -0.901. The van der Waals surface area contributed by atoms with Gasteiger partial charge in [-0.25, -0.2) is 34.9 Å². The van der Waals surface area contributed by atoms with E-state index in [9.17, 15) is 0 Å². The topological polar surface area (TPSA) is 148 Å². The predicted molar refractivity (Wildman–Crippen MR) is 632 cm³/mol. The highest BCUT2D eigenvalue weighted by molar-refractivity contribution is 7.07. The number of imidazole rings is 3. The van der Waals surface area contributed by atoms with Gasteiger partial charge in [-0.05, 0) is 195 Å². The highest BCUT2D eigenvalue weighted by Gasteiger charge is 2.19. The molecule has 742 valence electrons. The molecular formula is C132H133N13OSSi. The van der Waals surface area contributed by atoms with Crippen molar-refractivity contribution in [1.29, 1.82) is 0 Å². The number of hydrogen-bond acceptors (Lipinski definition) is 11. The second-order valence-electron chi connectivity index (χ2n) is 34.1. The molecule has 12 aromatic heterocycles. The first-order chi connectivity index (χ1) is 72.6. The summed E-state index contributed by atoms with van der Waals surface area (Å²) >= 11 is 1.71. The van der Waals surface area contributed by atoms with Gasteiger partial charge in [0.25, 0.3) is 0 Å². The average Bonchev–Trinajstić information content (AvgIpc) is 1.64. The summed E-state index contributed by atoms with van der Waals surface area (Å²) in [5, 5.41) is 5.30. The molecule has 16 heteroatoms. The number of pyridine rings is 4. The minimum Gasteiger partial charge on any atom is -0.473 e. The van der Waals surface area contributed by atoms with E-state index in [0.29, 0.717) is 0 Å². The van der Waals surface area contributed by atoms with E-state index in [1.54, 1.807) is 30.1 Å². The zero-order chi connectivity index (χ0) is 105. The van der Waals surface area contributed by atoms with Crippen molar-refractivity contribution in [2.24, 2.45) is 7.05 Å². The van der Waals surface area contributed by atoms with Crippen molar-refractivity contribution in [3.63, 3.8) is 0 Å². The fourth-order valence-corrected chi connectivity index (χ4v) is 17.4. The number of aryl methyl sites for hydroxylation is 7. The first-order valence-electron chi connectivity index (χ1n) is 50.6. The van der Waals surface area contributed by atoms with E-state index in [1.807, 2.05) is 297 Å². The van der Waals surface area contributed by atoms with Crippen molar-refractivity contribution in [3.05, 3.63) is 530 Å². The number of para-hydroxylation sites is 4. The van der Waals surface area contributed by atoms with Gasteiger partial charge >= 0.3 is 0 Å². The molecule has 0 fully saturated rings. The summed E-state index contributed by atoms with van der Waals surface area (Å²) in [6.07, 6.45) is 19.6. The van der Waals surface area contributed by atoms with Gasteiger partial charge in [0.2, 0.25) is 0 Å². The highest BCUT2D eigenvalue weighted by atomic mass is 32.1. The van der Waals surface area contributed by atoms with E-state index < -0.39 is 8.07 Å². The van der Waals surface area contributed by atoms with E-state index in [0.717, 1.165) is 140 Å². The van der Waals surface area contributed by atoms with Crippen molar-refractivity contribution in [2.45, 2.75) is 110 Å². The van der Waals surface area contributed by atoms with E-state index >= 15 is 0 Å². The number of hydrogen-bond donors (Lipinski definition) is 0. The van der Waals surface area contributed by atoms with Crippen LogP contribution in [0.15, 0.2) is 501 Å². The summed E-state index contributed by atoms with van der Waals surface area (Å²) in [5.41, 5.74) is 37.3. The van der Waals surface area contributed by atoms with E-state index in [-0.39, 0.29) is 0 Å². The molecule has 1 aliphatic rings. The number of thiophene rings is 1. The van der Waals surface area contributed by atoms with Gasteiger partial charge in [0.15, 0.2) is 0 Å². The zero-order valence-corrected chi connectivity index (χ0v) is 89.8. The van der Waals surface area contributed by atoms with Crippen LogP contribution in [0.2, 0.25) is 13.1 Å². The van der Waals surface area contributed by atoms with Gasteiger partial charge in [0.1, 0.15) is 22.8 Å². The third-order valence-electron chi connectivity index (χ3n) is 22.7. The van der Waals surface area contributed by atoms with Gasteiger partial charge in [-0.2, -0.15) is 11.3 Å². The van der Waals surface area contributed by atoms with Crippen molar-refractivity contribution in [1.82, 2.24) is 62.8 Å². The van der Waals surface area contributed by atoms with Gasteiger partial charge in [-0.15, -0.1) is 0 Å². The van der Waals surface area contributed by atoms with E-state index in [1.165, 1.54) is 44.5 Å². The Morgan fingerprint density at radius 2 is 0.743 bits per heavy atom. The number of nitrogens with zero attached hydrogens (tertiary/aromatic N) is 13. The van der Waals surface area contributed by atoms with Crippen LogP contribution in [0.1, 0.15) is 89.0 Å². The Balaban J connectivity index is 0.000000149. The lowest BCUT2D eigenvalue weighted by Gasteiger charge is -2.10. The van der Waals surface area contributed by atoms with Gasteiger partial charge in [-0.3, -0.25) is 14.5 Å². The smallest absolute Gasteiger partial charge is 0.145 e. The molecule has 0 amide bonds. The molecule has 0 aliphatic carbocycles. The van der Waals surface area contributed by atoms with Gasteiger partial charge < -0.3 is 17.8 Å². The van der Waals surface area contributed by atoms with Crippen molar-refractivity contribution in [3.8, 4) is 95.9 Å². The summed E-state index contributed by atoms with van der Waals surface area (Å²) in [4.78, 5) is 42.6. The highest BCUT2D eigenvalue weighted by Crippen LogP contribution is 2.36. The molecule has 12 aromatic carbocycles. The molecular weight excluding hydrogens is 1840 g/mol. The lowest BCUT2D eigenvalue weighted by Crippen LogP contribution is -2.15. The molecule has 13 heterocycles. The van der Waals surface area contributed by atoms with E-state index in [4.69, 9.17) is 24.9 Å². The second kappa shape index (κ2) is 57.8. The van der Waals surface area contributed by atoms with Crippen molar-refractivity contribution in [2.75, 3.05) is 0 Å². The minimum absolute atomic E-state index is 0.813. The summed E-state index contributed by atoms with van der Waals surface area (Å²) in [5.74, 6) is 0.979. The Labute approximate surface area is 878 Å². The summed E-state index contributed by atoms with van der Waals surface area (Å²) < 4.78 is 13.0. The molecule has 0 spiro atoms. The first kappa shape index (κ1) is 109. The lowest BCUT2D eigenvalue weighted by atomic mass is 10.0. The number of allylic oxidation sites excluding steroid dienone is 2. The monoisotopic (exact) mass is 1980 g/mol. The fourth-order valence-electron chi connectivity index (χ4n) is 15.6. The van der Waals surface area contributed by atoms with Gasteiger partial charge in [0, 0.05) is 100 Å². The first-order valence-corrected chi connectivity index (χ1v) is 54.7. The largest absolute Gasteiger partial charge is 0.473 e. The van der Waals surface area contributed by atoms with Crippen LogP contribution >= 0.6 is 11.3 Å². The Morgan fingerprint density at radius 3 is 1.22 bits per heavy atom. The summed E-state index contributed by atoms with van der Waals surface area (Å²) in [6.45, 7) is 33.1. The maximum Gasteiger partial charge on any atom is 0.145 e. The molecule has 0 saturated heterocycles. The van der Waals surface area contributed by atoms with E-state index in [2.05, 4.69) is 340 Å². The van der Waals surface area contributed by atoms with Gasteiger partial charge in [-0.1, -0.05) is 395 Å². The van der Waals surface area contributed by atoms with Crippen LogP contribution in [-0.4, -0.2) is 70.9 Å². The summed E-state index contributed by atoms with van der Waals surface area (Å²) in [6, 6.07) is 139. The number of aromatic nitrogens is 13. The normalized spacial score (nSPS) is 10.7. The van der Waals surface area contributed by atoms with Crippen LogP contribution < -0.4 is 0 Å². The van der Waals surface area contributed by atoms with Gasteiger partial charge in [0.05, 0.1) is 93.4 Å². The molecule has 0 N–H and O–H groups in total. The van der Waals surface area contributed by atoms with Crippen LogP contribution in [0.5, 0.6) is 0 Å². The Kier molecular flexibility index (Phi) is 42.8. The average molecular weight is 1980 g/mol. The van der Waals surface area contributed by atoms with Crippen LogP contribution in [0.4, 0.5) is 0 Å². The quantitative estimate of drug-likeness (QED) is 0.128. The van der Waals surface area contributed by atoms with Crippen LogP contribution in [-0.2, 0) is 7.05 Å². The number of fused-ring (bicyclic) bond motifs is 6. The molecule has 25 rings (SSSR count). The molecule has 14 nitrogen and oxygen atoms in total. The second-order valence-corrected chi connectivity index (χ2v) is 39.2. The third-order valence-corrected chi connectivity index (χ3v) is 25.4. The molecule has 0 saturated carbocycles. The number of furan rings is 1. The molecule has 1 aliphatic heterocycles. The number of benzene rings is 12. The maximum absolute atomic E-state index is 4.92. The number of rotatable bonds is 9. The van der Waals surface area contributed by atoms with Crippen LogP contribution in [0, 0.1) is 41.5 Å². The summed E-state index contributed by atoms with van der Waals surface area (Å²) in [7, 11) is 1.10. The maximum atomic E-state index is 4.92. The molecule has 0 atom stereocenters. The van der Waals surface area contributed by atoms with Crippen LogP contribution in [0.3, 0.4) is 0 Å². The standard InChI is InChI=1S/C21H16N2.C20H15N3.C20H16N2.C16H13N.2C14H12N2.C6H10Si.C5H7N.C4H4O.C4H4S.4C2H6/c1-15-12-13-18-19(14-15)23-21(17-10-6-3-7-11-17)20(22-18)16-8-4-2-5-9-16;1-14-10-11-16-18(13-14)23-19(15-7-3-2-4-8-15)20(22-16)17-9-5-6-12-21-17;1-15-11-13-16(14-12-15)20-21-18-9-5-6-10-19(18)22(20)17-7-3-2-4-8-17;1-12-11-15(13-7-3-2-4-8-13)14-9-5-6-10-16(14)17-12;1-11-6-5-9-14-15-13(10-16(11)14)12-7-3-2-4-8-12;1-11-7-8-14-15-13(10-16(14)9-11)12-5-3-2-4-6-12;1-7(2)5-3-4-6-7;1-6-4-2-3-5-6;2*1-2-4-5-3-1;4*1-2/h2-14H,1H3;2-13H,1H3;2-14H,1H3;2-11H,1H3;2*2-10H,1H3;3-6H,1-2H3;2-5H,1H3;2*1-4H;4*1-2H3. The fraction of sp³-hybridized carbons (Fsp3) is 0.129. The predicted octanol–water partition coefficient (Wildman–Crippen LogP) is 35.8.